The fourth-order valence-electron chi connectivity index (χ4n) is 3.82. The summed E-state index contributed by atoms with van der Waals surface area (Å²) in [5.74, 6) is 0.383. The van der Waals surface area contributed by atoms with E-state index in [1.54, 1.807) is 55.5 Å². The average Bonchev–Trinajstić information content (AvgIpc) is 2.94. The zero-order chi connectivity index (χ0) is 29.2. The van der Waals surface area contributed by atoms with Crippen LogP contribution in [0, 0.1) is 0 Å². The van der Waals surface area contributed by atoms with Gasteiger partial charge in [0.05, 0.1) is 25.4 Å². The molecule has 0 heterocycles. The highest BCUT2D eigenvalue weighted by atomic mass is 28.4. The molecule has 0 saturated carbocycles. The van der Waals surface area contributed by atoms with Crippen LogP contribution >= 0.6 is 0 Å². The van der Waals surface area contributed by atoms with Gasteiger partial charge in [-0.15, -0.1) is 0 Å². The van der Waals surface area contributed by atoms with Crippen molar-refractivity contribution in [1.82, 2.24) is 0 Å². The van der Waals surface area contributed by atoms with Gasteiger partial charge in [0.2, 0.25) is 0 Å². The van der Waals surface area contributed by atoms with Crippen molar-refractivity contribution >= 4 is 26.8 Å². The Morgan fingerprint density at radius 2 is 1.43 bits per heavy atom. The Bertz CT molecular complexity index is 1050. The normalized spacial score (nSPS) is 11.4. The average molecular weight is 575 g/mol. The summed E-state index contributed by atoms with van der Waals surface area (Å²) in [5.41, 5.74) is 1.08. The molecule has 220 valence electrons. The Kier molecular flexibility index (Phi) is 15.0. The van der Waals surface area contributed by atoms with Crippen LogP contribution in [0.1, 0.15) is 63.4 Å². The number of ether oxygens (including phenoxy) is 4. The molecule has 2 aromatic carbocycles. The lowest BCUT2D eigenvalue weighted by Gasteiger charge is -2.28. The molecule has 40 heavy (non-hydrogen) atoms. The first kappa shape index (κ1) is 33.0. The van der Waals surface area contributed by atoms with E-state index in [2.05, 4.69) is 0 Å². The quantitative estimate of drug-likeness (QED) is 0.0649. The molecule has 2 aromatic rings. The molecule has 0 aliphatic heterocycles. The van der Waals surface area contributed by atoms with Gasteiger partial charge in [-0.25, -0.2) is 9.59 Å². The van der Waals surface area contributed by atoms with Gasteiger partial charge in [0.25, 0.3) is 0 Å². The molecule has 0 N–H and O–H groups in total. The molecular formula is C30H42O9Si. The lowest BCUT2D eigenvalue weighted by molar-refractivity contribution is -0.137. The number of hydrogen-bond acceptors (Lipinski definition) is 9. The third-order valence-corrected chi connectivity index (χ3v) is 8.65. The maximum Gasteiger partial charge on any atom is 0.500 e. The Balaban J connectivity index is 1.91. The number of benzene rings is 2. The van der Waals surface area contributed by atoms with Gasteiger partial charge in [0.1, 0.15) is 5.75 Å². The van der Waals surface area contributed by atoms with Gasteiger partial charge in [-0.1, -0.05) is 6.07 Å². The van der Waals surface area contributed by atoms with Crippen molar-refractivity contribution in [1.29, 1.82) is 0 Å². The van der Waals surface area contributed by atoms with E-state index in [1.807, 2.05) is 27.7 Å². The van der Waals surface area contributed by atoms with E-state index in [0.29, 0.717) is 62.3 Å². The van der Waals surface area contributed by atoms with E-state index >= 15 is 0 Å². The number of rotatable bonds is 19. The molecule has 0 radical (unpaired) electrons. The predicted octanol–water partition coefficient (Wildman–Crippen LogP) is 6.09. The Labute approximate surface area is 238 Å². The largest absolute Gasteiger partial charge is 0.500 e. The van der Waals surface area contributed by atoms with Gasteiger partial charge in [-0.3, -0.25) is 0 Å². The fourth-order valence-corrected chi connectivity index (χ4v) is 6.50. The number of unbranched alkanes of at least 4 members (excludes halogenated alkanes) is 1. The van der Waals surface area contributed by atoms with E-state index in [4.69, 9.17) is 32.2 Å². The summed E-state index contributed by atoms with van der Waals surface area (Å²) in [6, 6.07) is 12.6. The van der Waals surface area contributed by atoms with Crippen LogP contribution in [0.3, 0.4) is 0 Å². The number of hydrogen-bond donors (Lipinski definition) is 0. The topological polar surface area (TPSA) is 98.8 Å². The van der Waals surface area contributed by atoms with Crippen molar-refractivity contribution < 1.29 is 41.8 Å². The zero-order valence-electron chi connectivity index (χ0n) is 24.2. The molecule has 2 rings (SSSR count). The molecule has 0 aromatic heterocycles. The van der Waals surface area contributed by atoms with Crippen molar-refractivity contribution in [3.63, 3.8) is 0 Å². The van der Waals surface area contributed by atoms with Crippen molar-refractivity contribution in [2.45, 2.75) is 53.5 Å². The minimum absolute atomic E-state index is 0.284. The van der Waals surface area contributed by atoms with Crippen LogP contribution in [0.4, 0.5) is 0 Å². The maximum atomic E-state index is 12.8. The van der Waals surface area contributed by atoms with E-state index in [9.17, 15) is 9.59 Å². The van der Waals surface area contributed by atoms with Gasteiger partial charge in [-0.05, 0) is 95.5 Å². The summed E-state index contributed by atoms with van der Waals surface area (Å²) in [6.07, 6.45) is 4.62. The first-order valence-corrected chi connectivity index (χ1v) is 15.8. The van der Waals surface area contributed by atoms with E-state index in [0.717, 1.165) is 18.9 Å². The molecule has 0 unspecified atom stereocenters. The molecule has 0 amide bonds. The minimum atomic E-state index is -2.64. The van der Waals surface area contributed by atoms with Gasteiger partial charge >= 0.3 is 20.7 Å². The van der Waals surface area contributed by atoms with Crippen LogP contribution in [0.25, 0.3) is 6.08 Å². The Morgan fingerprint density at radius 1 is 0.750 bits per heavy atom. The van der Waals surface area contributed by atoms with Gasteiger partial charge in [0.15, 0.2) is 11.5 Å². The van der Waals surface area contributed by atoms with Gasteiger partial charge < -0.3 is 32.2 Å². The second kappa shape index (κ2) is 18.2. The zero-order valence-corrected chi connectivity index (χ0v) is 25.2. The lowest BCUT2D eigenvalue weighted by atomic mass is 10.2. The monoisotopic (exact) mass is 574 g/mol. The second-order valence-electron chi connectivity index (χ2n) is 8.43. The van der Waals surface area contributed by atoms with Gasteiger partial charge in [0, 0.05) is 31.9 Å². The SMILES string of the molecule is CCOC(=O)C=Cc1ccc(OC(=O)c2ccc(OCCCC[Si](OCC)(OCC)OCC)cc2)c(OCC)c1. The molecule has 10 heteroatoms. The standard InChI is InChI=1S/C30H42O9Si/c1-6-33-28-23-24(14-20-29(31)34-7-2)13-19-27(28)39-30(32)25-15-17-26(18-16-25)35-21-11-12-22-40(36-8-3,37-9-4)38-10-5/h13-20,23H,6-12,21-22H2,1-5H3. The molecule has 0 saturated heterocycles. The van der Waals surface area contributed by atoms with Crippen molar-refractivity contribution in [3.8, 4) is 17.2 Å². The fraction of sp³-hybridized carbons (Fsp3) is 0.467. The highest BCUT2D eigenvalue weighted by molar-refractivity contribution is 6.60. The summed E-state index contributed by atoms with van der Waals surface area (Å²) in [7, 11) is -2.64. The molecule has 0 aliphatic rings. The van der Waals surface area contributed by atoms with Gasteiger partial charge in [-0.2, -0.15) is 0 Å². The lowest BCUT2D eigenvalue weighted by Crippen LogP contribution is -2.45. The van der Waals surface area contributed by atoms with Crippen LogP contribution in [0.15, 0.2) is 48.5 Å². The third kappa shape index (κ3) is 11.1. The van der Waals surface area contributed by atoms with Crippen LogP contribution in [-0.4, -0.2) is 60.4 Å². The molecule has 0 atom stereocenters. The molecule has 0 fully saturated rings. The van der Waals surface area contributed by atoms with E-state index < -0.39 is 20.7 Å². The molecule has 9 nitrogen and oxygen atoms in total. The summed E-state index contributed by atoms with van der Waals surface area (Å²) in [4.78, 5) is 24.4. The summed E-state index contributed by atoms with van der Waals surface area (Å²) < 4.78 is 39.7. The third-order valence-electron chi connectivity index (χ3n) is 5.50. The Hall–Kier alpha value is -3.18. The van der Waals surface area contributed by atoms with Crippen LogP contribution in [0.5, 0.6) is 17.2 Å². The van der Waals surface area contributed by atoms with Crippen molar-refractivity contribution in [2.75, 3.05) is 39.6 Å². The van der Waals surface area contributed by atoms with Crippen LogP contribution in [0.2, 0.25) is 6.04 Å². The maximum absolute atomic E-state index is 12.8. The van der Waals surface area contributed by atoms with Crippen LogP contribution in [-0.2, 0) is 22.8 Å². The molecule has 0 spiro atoms. The Morgan fingerprint density at radius 3 is 2.02 bits per heavy atom. The highest BCUT2D eigenvalue weighted by Gasteiger charge is 2.39. The van der Waals surface area contributed by atoms with Crippen molar-refractivity contribution in [2.24, 2.45) is 0 Å². The highest BCUT2D eigenvalue weighted by Crippen LogP contribution is 2.30. The number of carbonyl (C=O) groups excluding carboxylic acids is 2. The predicted molar refractivity (Wildman–Crippen MR) is 155 cm³/mol. The molecule has 0 bridgehead atoms. The molecular weight excluding hydrogens is 532 g/mol. The smallest absolute Gasteiger partial charge is 0.494 e. The minimum Gasteiger partial charge on any atom is -0.494 e. The van der Waals surface area contributed by atoms with Crippen molar-refractivity contribution in [3.05, 3.63) is 59.7 Å². The summed E-state index contributed by atoms with van der Waals surface area (Å²) >= 11 is 0. The number of carbonyl (C=O) groups is 2. The van der Waals surface area contributed by atoms with Crippen LogP contribution < -0.4 is 14.2 Å². The molecule has 0 aliphatic carbocycles. The first-order chi connectivity index (χ1) is 19.4. The van der Waals surface area contributed by atoms with E-state index in [1.165, 1.54) is 6.08 Å². The summed E-state index contributed by atoms with van der Waals surface area (Å²) in [6.45, 7) is 12.3. The number of esters is 2. The first-order valence-electron chi connectivity index (χ1n) is 13.9. The van der Waals surface area contributed by atoms with E-state index in [-0.39, 0.29) is 5.75 Å². The second-order valence-corrected chi connectivity index (χ2v) is 11.2. The summed E-state index contributed by atoms with van der Waals surface area (Å²) in [5, 5.41) is 0.